The number of ether oxygens (including phenoxy) is 1. The summed E-state index contributed by atoms with van der Waals surface area (Å²) in [4.78, 5) is 24.7. The van der Waals surface area contributed by atoms with Crippen molar-refractivity contribution in [3.8, 4) is 0 Å². The van der Waals surface area contributed by atoms with Gasteiger partial charge in [0.15, 0.2) is 0 Å². The highest BCUT2D eigenvalue weighted by Gasteiger charge is 2.25. The van der Waals surface area contributed by atoms with Crippen LogP contribution in [0, 0.1) is 6.92 Å². The van der Waals surface area contributed by atoms with Crippen molar-refractivity contribution in [3.63, 3.8) is 0 Å². The summed E-state index contributed by atoms with van der Waals surface area (Å²) in [5.41, 5.74) is 0.930. The van der Waals surface area contributed by atoms with E-state index < -0.39 is 0 Å². The fraction of sp³-hybridized carbons (Fsp3) is 0.562. The number of aryl methyl sites for hydroxylation is 1. The average molecular weight is 319 g/mol. The van der Waals surface area contributed by atoms with E-state index in [4.69, 9.17) is 4.74 Å². The molecule has 0 amide bonds. The van der Waals surface area contributed by atoms with Crippen LogP contribution in [-0.4, -0.2) is 35.6 Å². The van der Waals surface area contributed by atoms with Crippen molar-refractivity contribution < 1.29 is 9.53 Å². The molecule has 0 aliphatic heterocycles. The van der Waals surface area contributed by atoms with Crippen molar-refractivity contribution in [1.29, 1.82) is 0 Å². The largest absolute Gasteiger partial charge is 0.462 e. The maximum absolute atomic E-state index is 12.1. The van der Waals surface area contributed by atoms with Crippen molar-refractivity contribution in [2.75, 3.05) is 18.6 Å². The van der Waals surface area contributed by atoms with Crippen LogP contribution in [0.5, 0.6) is 0 Å². The molecule has 0 atom stereocenters. The van der Waals surface area contributed by atoms with Gasteiger partial charge in [-0.15, -0.1) is 11.3 Å². The Labute approximate surface area is 134 Å². The summed E-state index contributed by atoms with van der Waals surface area (Å²) in [6.45, 7) is 4.16. The van der Waals surface area contributed by atoms with E-state index in [0.717, 1.165) is 21.6 Å². The van der Waals surface area contributed by atoms with Gasteiger partial charge >= 0.3 is 5.97 Å². The van der Waals surface area contributed by atoms with Gasteiger partial charge in [-0.2, -0.15) is 0 Å². The SMILES string of the molecule is CCOC(=O)c1sc2ncnc(N(C)C3CCCC3)c2c1C. The molecule has 0 radical (unpaired) electrons. The molecular formula is C16H21N3O2S. The lowest BCUT2D eigenvalue weighted by Gasteiger charge is -2.26. The highest BCUT2D eigenvalue weighted by molar-refractivity contribution is 7.20. The molecule has 0 saturated heterocycles. The molecule has 2 aromatic heterocycles. The normalized spacial score (nSPS) is 15.4. The van der Waals surface area contributed by atoms with E-state index in [-0.39, 0.29) is 5.97 Å². The zero-order chi connectivity index (χ0) is 15.7. The minimum atomic E-state index is -0.266. The molecule has 0 bridgehead atoms. The first-order valence-electron chi connectivity index (χ1n) is 7.77. The third kappa shape index (κ3) is 2.56. The summed E-state index contributed by atoms with van der Waals surface area (Å²) in [6, 6.07) is 0.531. The number of esters is 1. The second-order valence-electron chi connectivity index (χ2n) is 5.70. The zero-order valence-corrected chi connectivity index (χ0v) is 14.1. The van der Waals surface area contributed by atoms with E-state index in [9.17, 15) is 4.79 Å². The van der Waals surface area contributed by atoms with Crippen LogP contribution in [0.1, 0.15) is 47.8 Å². The molecule has 22 heavy (non-hydrogen) atoms. The number of thiophene rings is 1. The van der Waals surface area contributed by atoms with Crippen LogP contribution in [0.25, 0.3) is 10.2 Å². The summed E-state index contributed by atoms with van der Waals surface area (Å²) < 4.78 is 5.15. The monoisotopic (exact) mass is 319 g/mol. The molecule has 2 heterocycles. The topological polar surface area (TPSA) is 55.3 Å². The Morgan fingerprint density at radius 3 is 2.82 bits per heavy atom. The Kier molecular flexibility index (Phi) is 4.29. The number of nitrogens with zero attached hydrogens (tertiary/aromatic N) is 3. The minimum Gasteiger partial charge on any atom is -0.462 e. The fourth-order valence-electron chi connectivity index (χ4n) is 3.18. The van der Waals surface area contributed by atoms with E-state index >= 15 is 0 Å². The Morgan fingerprint density at radius 2 is 2.14 bits per heavy atom. The third-order valence-electron chi connectivity index (χ3n) is 4.37. The molecule has 118 valence electrons. The molecule has 0 aromatic carbocycles. The smallest absolute Gasteiger partial charge is 0.348 e. The van der Waals surface area contributed by atoms with Gasteiger partial charge in [0.1, 0.15) is 21.9 Å². The van der Waals surface area contributed by atoms with Gasteiger partial charge in [0, 0.05) is 13.1 Å². The maximum atomic E-state index is 12.1. The van der Waals surface area contributed by atoms with Gasteiger partial charge in [-0.25, -0.2) is 14.8 Å². The predicted octanol–water partition coefficient (Wildman–Crippen LogP) is 3.56. The summed E-state index contributed by atoms with van der Waals surface area (Å²) in [6.07, 6.45) is 6.56. The summed E-state index contributed by atoms with van der Waals surface area (Å²) >= 11 is 1.39. The number of hydrogen-bond donors (Lipinski definition) is 0. The average Bonchev–Trinajstić information content (AvgIpc) is 3.15. The van der Waals surface area contributed by atoms with Gasteiger partial charge in [-0.3, -0.25) is 0 Å². The van der Waals surface area contributed by atoms with Gasteiger partial charge in [0.25, 0.3) is 0 Å². The molecule has 3 rings (SSSR count). The Hall–Kier alpha value is -1.69. The van der Waals surface area contributed by atoms with Crippen molar-refractivity contribution >= 4 is 33.3 Å². The number of fused-ring (bicyclic) bond motifs is 1. The molecule has 1 aliphatic carbocycles. The molecule has 1 fully saturated rings. The lowest BCUT2D eigenvalue weighted by atomic mass is 10.1. The molecule has 6 heteroatoms. The lowest BCUT2D eigenvalue weighted by Crippen LogP contribution is -2.29. The molecule has 0 spiro atoms. The van der Waals surface area contributed by atoms with Gasteiger partial charge in [-0.1, -0.05) is 12.8 Å². The van der Waals surface area contributed by atoms with Crippen LogP contribution in [-0.2, 0) is 4.74 Å². The standard InChI is InChI=1S/C16H21N3O2S/c1-4-21-16(20)13-10(2)12-14(17-9-18-15(12)22-13)19(3)11-7-5-6-8-11/h9,11H,4-8H2,1-3H3. The molecule has 0 N–H and O–H groups in total. The van der Waals surface area contributed by atoms with Crippen LogP contribution in [0.3, 0.4) is 0 Å². The van der Waals surface area contributed by atoms with Crippen LogP contribution in [0.15, 0.2) is 6.33 Å². The van der Waals surface area contributed by atoms with Crippen LogP contribution < -0.4 is 4.90 Å². The maximum Gasteiger partial charge on any atom is 0.348 e. The van der Waals surface area contributed by atoms with Crippen LogP contribution >= 0.6 is 11.3 Å². The van der Waals surface area contributed by atoms with Crippen LogP contribution in [0.2, 0.25) is 0 Å². The molecule has 1 saturated carbocycles. The van der Waals surface area contributed by atoms with Crippen LogP contribution in [0.4, 0.5) is 5.82 Å². The Morgan fingerprint density at radius 1 is 1.41 bits per heavy atom. The van der Waals surface area contributed by atoms with Gasteiger partial charge < -0.3 is 9.64 Å². The summed E-state index contributed by atoms with van der Waals surface area (Å²) in [5, 5.41) is 0.991. The van der Waals surface area contributed by atoms with Gasteiger partial charge in [0.2, 0.25) is 0 Å². The predicted molar refractivity (Wildman–Crippen MR) is 88.8 cm³/mol. The summed E-state index contributed by atoms with van der Waals surface area (Å²) in [5.74, 6) is 0.665. The number of hydrogen-bond acceptors (Lipinski definition) is 6. The fourth-order valence-corrected chi connectivity index (χ4v) is 4.21. The number of carbonyl (C=O) groups excluding carboxylic acids is 1. The van der Waals surface area contributed by atoms with E-state index in [1.807, 2.05) is 13.8 Å². The number of rotatable bonds is 4. The molecule has 5 nitrogen and oxygen atoms in total. The van der Waals surface area contributed by atoms with Crippen molar-refractivity contribution in [2.24, 2.45) is 0 Å². The minimum absolute atomic E-state index is 0.266. The molecule has 1 aliphatic rings. The molecule has 0 unspecified atom stereocenters. The van der Waals surface area contributed by atoms with Crippen molar-refractivity contribution in [1.82, 2.24) is 9.97 Å². The Balaban J connectivity index is 2.05. The summed E-state index contributed by atoms with van der Waals surface area (Å²) in [7, 11) is 2.10. The first-order valence-corrected chi connectivity index (χ1v) is 8.59. The number of carbonyl (C=O) groups is 1. The highest BCUT2D eigenvalue weighted by atomic mass is 32.1. The first kappa shape index (κ1) is 15.2. The lowest BCUT2D eigenvalue weighted by molar-refractivity contribution is 0.0531. The highest BCUT2D eigenvalue weighted by Crippen LogP contribution is 2.37. The second kappa shape index (κ2) is 6.20. The number of anilines is 1. The van der Waals surface area contributed by atoms with Crippen molar-refractivity contribution in [2.45, 2.75) is 45.6 Å². The van der Waals surface area contributed by atoms with E-state index in [1.54, 1.807) is 6.33 Å². The molecular weight excluding hydrogens is 298 g/mol. The zero-order valence-electron chi connectivity index (χ0n) is 13.3. The second-order valence-corrected chi connectivity index (χ2v) is 6.70. The number of aromatic nitrogens is 2. The van der Waals surface area contributed by atoms with Gasteiger partial charge in [0.05, 0.1) is 12.0 Å². The van der Waals surface area contributed by atoms with Crippen molar-refractivity contribution in [3.05, 3.63) is 16.8 Å². The third-order valence-corrected chi connectivity index (χ3v) is 5.55. The van der Waals surface area contributed by atoms with E-state index in [1.165, 1.54) is 37.0 Å². The van der Waals surface area contributed by atoms with E-state index in [2.05, 4.69) is 21.9 Å². The Bertz CT molecular complexity index is 692. The van der Waals surface area contributed by atoms with E-state index in [0.29, 0.717) is 17.5 Å². The molecule has 2 aromatic rings. The first-order chi connectivity index (χ1) is 10.6. The van der Waals surface area contributed by atoms with Gasteiger partial charge in [-0.05, 0) is 32.3 Å². The quantitative estimate of drug-likeness (QED) is 0.807.